The third-order valence-electron chi connectivity index (χ3n) is 7.44. The van der Waals surface area contributed by atoms with Crippen molar-refractivity contribution in [3.05, 3.63) is 83.9 Å². The second kappa shape index (κ2) is 10.2. The monoisotopic (exact) mass is 471 g/mol. The minimum atomic E-state index is -0.755. The predicted molar refractivity (Wildman–Crippen MR) is 137 cm³/mol. The maximum atomic E-state index is 13.9. The first-order chi connectivity index (χ1) is 17.1. The molecule has 2 fully saturated rings. The van der Waals surface area contributed by atoms with E-state index in [-0.39, 0.29) is 11.9 Å². The van der Waals surface area contributed by atoms with Gasteiger partial charge in [-0.15, -0.1) is 0 Å². The highest BCUT2D eigenvalue weighted by atomic mass is 16.5. The number of nitrogens with zero attached hydrogens (tertiary/aromatic N) is 3. The number of piperidine rings is 1. The summed E-state index contributed by atoms with van der Waals surface area (Å²) in [6.45, 7) is 3.85. The van der Waals surface area contributed by atoms with E-state index in [4.69, 9.17) is 4.74 Å². The molecular formula is C29H33N3O3. The van der Waals surface area contributed by atoms with Gasteiger partial charge in [0.15, 0.2) is 0 Å². The van der Waals surface area contributed by atoms with Crippen LogP contribution in [0.15, 0.2) is 72.8 Å². The van der Waals surface area contributed by atoms with Crippen LogP contribution < -0.4 is 0 Å². The third kappa shape index (κ3) is 4.68. The van der Waals surface area contributed by atoms with E-state index in [1.54, 1.807) is 7.11 Å². The Labute approximate surface area is 207 Å². The largest absolute Gasteiger partial charge is 0.385 e. The van der Waals surface area contributed by atoms with Gasteiger partial charge < -0.3 is 9.64 Å². The first-order valence-electron chi connectivity index (χ1n) is 12.5. The summed E-state index contributed by atoms with van der Waals surface area (Å²) in [5, 5.41) is 2.27. The Bertz CT molecular complexity index is 1190. The van der Waals surface area contributed by atoms with E-state index >= 15 is 0 Å². The molecule has 0 aromatic heterocycles. The van der Waals surface area contributed by atoms with E-state index in [9.17, 15) is 9.59 Å². The van der Waals surface area contributed by atoms with Crippen molar-refractivity contribution in [2.24, 2.45) is 0 Å². The molecule has 6 heteroatoms. The van der Waals surface area contributed by atoms with Crippen LogP contribution in [0.3, 0.4) is 0 Å². The molecule has 5 rings (SSSR count). The topological polar surface area (TPSA) is 53.1 Å². The molecule has 6 nitrogen and oxygen atoms in total. The van der Waals surface area contributed by atoms with E-state index in [2.05, 4.69) is 53.4 Å². The highest BCUT2D eigenvalue weighted by Crippen LogP contribution is 2.38. The fourth-order valence-corrected chi connectivity index (χ4v) is 5.52. The Morgan fingerprint density at radius 3 is 2.29 bits per heavy atom. The lowest BCUT2D eigenvalue weighted by Crippen LogP contribution is -2.56. The first-order valence-corrected chi connectivity index (χ1v) is 12.5. The molecule has 0 unspecified atom stereocenters. The maximum absolute atomic E-state index is 13.9. The fourth-order valence-electron chi connectivity index (χ4n) is 5.52. The van der Waals surface area contributed by atoms with Gasteiger partial charge in [0.1, 0.15) is 5.54 Å². The van der Waals surface area contributed by atoms with Crippen molar-refractivity contribution in [1.82, 2.24) is 14.7 Å². The number of carbonyl (C=O) groups excluding carboxylic acids is 2. The number of benzene rings is 3. The number of likely N-dealkylation sites (tertiary alicyclic amines) is 1. The highest BCUT2D eigenvalue weighted by Gasteiger charge is 2.57. The van der Waals surface area contributed by atoms with Crippen LogP contribution in [0.1, 0.15) is 30.4 Å². The first kappa shape index (κ1) is 23.5. The molecule has 0 saturated carbocycles. The molecule has 3 aromatic rings. The Kier molecular flexibility index (Phi) is 6.84. The van der Waals surface area contributed by atoms with Gasteiger partial charge in [0.05, 0.1) is 6.54 Å². The van der Waals surface area contributed by atoms with Gasteiger partial charge in [-0.1, -0.05) is 66.7 Å². The summed E-state index contributed by atoms with van der Waals surface area (Å²) in [5.74, 6) is -0.0487. The van der Waals surface area contributed by atoms with Crippen LogP contribution in [0.5, 0.6) is 0 Å². The van der Waals surface area contributed by atoms with Crippen LogP contribution in [0.4, 0.5) is 4.79 Å². The zero-order valence-corrected chi connectivity index (χ0v) is 20.4. The summed E-state index contributed by atoms with van der Waals surface area (Å²) in [7, 11) is 1.67. The molecular weight excluding hydrogens is 438 g/mol. The van der Waals surface area contributed by atoms with Crippen molar-refractivity contribution in [3.8, 4) is 0 Å². The van der Waals surface area contributed by atoms with Crippen molar-refractivity contribution in [2.45, 2.75) is 37.9 Å². The van der Waals surface area contributed by atoms with Crippen molar-refractivity contribution in [2.75, 3.05) is 33.4 Å². The number of hydrogen-bond donors (Lipinski definition) is 0. The van der Waals surface area contributed by atoms with E-state index in [0.717, 1.165) is 42.4 Å². The third-order valence-corrected chi connectivity index (χ3v) is 7.44. The van der Waals surface area contributed by atoms with Crippen LogP contribution in [0.25, 0.3) is 10.8 Å². The molecule has 0 bridgehead atoms. The molecule has 2 heterocycles. The Balaban J connectivity index is 1.35. The number of methoxy groups -OCH3 is 1. The van der Waals surface area contributed by atoms with Crippen LogP contribution in [0.2, 0.25) is 0 Å². The number of ether oxygens (including phenoxy) is 1. The summed E-state index contributed by atoms with van der Waals surface area (Å²) in [5.41, 5.74) is 1.49. The maximum Gasteiger partial charge on any atom is 0.327 e. The van der Waals surface area contributed by atoms with Gasteiger partial charge in [-0.3, -0.25) is 14.6 Å². The second-order valence-electron chi connectivity index (χ2n) is 9.65. The second-order valence-corrected chi connectivity index (χ2v) is 9.65. The van der Waals surface area contributed by atoms with Crippen molar-refractivity contribution in [3.63, 3.8) is 0 Å². The molecule has 3 amide bonds. The average Bonchev–Trinajstić information content (AvgIpc) is 3.07. The summed E-state index contributed by atoms with van der Waals surface area (Å²) in [6, 6.07) is 24.6. The molecule has 182 valence electrons. The van der Waals surface area contributed by atoms with Crippen molar-refractivity contribution >= 4 is 22.7 Å². The van der Waals surface area contributed by atoms with Gasteiger partial charge in [-0.05, 0) is 47.2 Å². The summed E-state index contributed by atoms with van der Waals surface area (Å²) < 4.78 is 5.24. The van der Waals surface area contributed by atoms with E-state index in [0.29, 0.717) is 32.5 Å². The normalized spacial score (nSPS) is 18.2. The number of urea groups is 1. The standard InChI is InChI=1S/C29H33N3O3/c1-35-19-7-16-32-28(34)31(22-24-12-13-25-10-5-6-11-26(25)20-24)27(33)29(32)14-17-30(18-15-29)21-23-8-3-2-4-9-23/h2-6,8-13,20H,7,14-19,21-22H2,1H3. The van der Waals surface area contributed by atoms with Gasteiger partial charge in [0.2, 0.25) is 0 Å². The molecule has 2 aliphatic heterocycles. The van der Waals surface area contributed by atoms with E-state index in [1.807, 2.05) is 29.2 Å². The molecule has 2 saturated heterocycles. The predicted octanol–water partition coefficient (Wildman–Crippen LogP) is 4.68. The number of hydrogen-bond acceptors (Lipinski definition) is 4. The van der Waals surface area contributed by atoms with Crippen LogP contribution in [0, 0.1) is 0 Å². The average molecular weight is 472 g/mol. The zero-order valence-electron chi connectivity index (χ0n) is 20.4. The fraction of sp³-hybridized carbons (Fsp3) is 0.379. The Morgan fingerprint density at radius 1 is 0.829 bits per heavy atom. The van der Waals surface area contributed by atoms with E-state index < -0.39 is 5.54 Å². The lowest BCUT2D eigenvalue weighted by atomic mass is 9.85. The smallest absolute Gasteiger partial charge is 0.327 e. The van der Waals surface area contributed by atoms with Crippen molar-refractivity contribution in [1.29, 1.82) is 0 Å². The molecule has 0 atom stereocenters. The molecule has 0 aliphatic carbocycles. The van der Waals surface area contributed by atoms with Gasteiger partial charge >= 0.3 is 6.03 Å². The molecule has 0 radical (unpaired) electrons. The number of rotatable bonds is 8. The van der Waals surface area contributed by atoms with E-state index in [1.165, 1.54) is 10.5 Å². The summed E-state index contributed by atoms with van der Waals surface area (Å²) >= 11 is 0. The molecule has 1 spiro atoms. The van der Waals surface area contributed by atoms with Gasteiger partial charge in [0, 0.05) is 39.9 Å². The van der Waals surface area contributed by atoms with Crippen LogP contribution >= 0.6 is 0 Å². The Hall–Kier alpha value is -3.22. The van der Waals surface area contributed by atoms with Crippen LogP contribution in [-0.2, 0) is 22.6 Å². The lowest BCUT2D eigenvalue weighted by molar-refractivity contribution is -0.136. The Morgan fingerprint density at radius 2 is 1.54 bits per heavy atom. The van der Waals surface area contributed by atoms with Gasteiger partial charge in [-0.2, -0.15) is 0 Å². The molecule has 2 aliphatic rings. The van der Waals surface area contributed by atoms with Gasteiger partial charge in [0.25, 0.3) is 5.91 Å². The van der Waals surface area contributed by atoms with Crippen molar-refractivity contribution < 1.29 is 14.3 Å². The molecule has 35 heavy (non-hydrogen) atoms. The number of imide groups is 1. The summed E-state index contributed by atoms with van der Waals surface area (Å²) in [6.07, 6.45) is 2.03. The van der Waals surface area contributed by atoms with Crippen LogP contribution in [-0.4, -0.2) is 65.5 Å². The number of carbonyl (C=O) groups is 2. The minimum Gasteiger partial charge on any atom is -0.385 e. The number of amides is 3. The highest BCUT2D eigenvalue weighted by molar-refractivity contribution is 6.07. The SMILES string of the molecule is COCCCN1C(=O)N(Cc2ccc3ccccc3c2)C(=O)C12CCN(Cc1ccccc1)CC2. The zero-order chi connectivity index (χ0) is 24.3. The lowest BCUT2D eigenvalue weighted by Gasteiger charge is -2.42. The van der Waals surface area contributed by atoms with Gasteiger partial charge in [-0.25, -0.2) is 4.79 Å². The summed E-state index contributed by atoms with van der Waals surface area (Å²) in [4.78, 5) is 33.2. The minimum absolute atomic E-state index is 0.0487. The molecule has 3 aromatic carbocycles. The molecule has 0 N–H and O–H groups in total. The quantitative estimate of drug-likeness (QED) is 0.354. The number of fused-ring (bicyclic) bond motifs is 1.